The Kier molecular flexibility index (Phi) is 4.29. The number of carbonyl (C=O) groups is 4. The number of imide groups is 1. The zero-order valence-electron chi connectivity index (χ0n) is 13.1. The van der Waals surface area contributed by atoms with E-state index in [4.69, 9.17) is 4.74 Å². The number of hydrogen-bond donors (Lipinski definition) is 1. The summed E-state index contributed by atoms with van der Waals surface area (Å²) in [5.41, 5.74) is 0.465. The molecule has 9 nitrogen and oxygen atoms in total. The van der Waals surface area contributed by atoms with Crippen molar-refractivity contribution in [2.24, 2.45) is 0 Å². The number of anilines is 1. The van der Waals surface area contributed by atoms with Gasteiger partial charge in [0.25, 0.3) is 17.7 Å². The molecular weight excluding hydrogens is 330 g/mol. The first-order valence-corrected chi connectivity index (χ1v) is 7.33. The van der Waals surface area contributed by atoms with Crippen LogP contribution in [0.1, 0.15) is 27.6 Å². The molecule has 1 unspecified atom stereocenters. The molecule has 3 amide bonds. The van der Waals surface area contributed by atoms with Gasteiger partial charge in [-0.15, -0.1) is 0 Å². The summed E-state index contributed by atoms with van der Waals surface area (Å²) >= 11 is 0. The number of nitrogens with one attached hydrogen (secondary N) is 1. The Morgan fingerprint density at radius 3 is 2.40 bits per heavy atom. The smallest absolute Gasteiger partial charge is 0.329 e. The average molecular weight is 343 g/mol. The molecule has 0 saturated heterocycles. The molecule has 1 atom stereocenters. The first-order chi connectivity index (χ1) is 12.0. The van der Waals surface area contributed by atoms with Crippen molar-refractivity contribution in [3.8, 4) is 0 Å². The van der Waals surface area contributed by atoms with Crippen LogP contribution in [0, 0.1) is 0 Å². The molecule has 0 bridgehead atoms. The average Bonchev–Trinajstić information content (AvgIpc) is 3.20. The first-order valence-electron chi connectivity index (χ1n) is 7.33. The highest BCUT2D eigenvalue weighted by molar-refractivity contribution is 6.22. The van der Waals surface area contributed by atoms with Crippen LogP contribution >= 0.6 is 0 Å². The fourth-order valence-electron chi connectivity index (χ4n) is 2.38. The van der Waals surface area contributed by atoms with Gasteiger partial charge in [-0.3, -0.25) is 19.3 Å². The Balaban J connectivity index is 1.60. The largest absolute Gasteiger partial charge is 0.454 e. The topological polar surface area (TPSA) is 119 Å². The number of benzene rings is 1. The van der Waals surface area contributed by atoms with Crippen LogP contribution in [-0.2, 0) is 14.3 Å². The number of amides is 3. The quantitative estimate of drug-likeness (QED) is 0.631. The lowest BCUT2D eigenvalue weighted by Crippen LogP contribution is -2.44. The normalized spacial score (nSPS) is 14.2. The summed E-state index contributed by atoms with van der Waals surface area (Å²) in [6, 6.07) is 6.54. The molecule has 2 heterocycles. The predicted molar refractivity (Wildman–Crippen MR) is 82.5 cm³/mol. The van der Waals surface area contributed by atoms with E-state index in [-0.39, 0.29) is 16.9 Å². The number of ether oxygens (including phenoxy) is 1. The van der Waals surface area contributed by atoms with Crippen LogP contribution < -0.4 is 5.32 Å². The number of carbonyl (C=O) groups excluding carboxylic acids is 4. The predicted octanol–water partition coefficient (Wildman–Crippen LogP) is 0.841. The third-order valence-electron chi connectivity index (χ3n) is 3.60. The summed E-state index contributed by atoms with van der Waals surface area (Å²) < 4.78 is 9.41. The van der Waals surface area contributed by atoms with E-state index in [0.717, 1.165) is 4.90 Å². The van der Waals surface area contributed by atoms with Crippen molar-refractivity contribution in [3.63, 3.8) is 0 Å². The second kappa shape index (κ2) is 6.56. The minimum absolute atomic E-state index is 0.175. The van der Waals surface area contributed by atoms with Crippen LogP contribution in [-0.4, -0.2) is 46.4 Å². The summed E-state index contributed by atoms with van der Waals surface area (Å²) in [7, 11) is 0. The van der Waals surface area contributed by atoms with Gasteiger partial charge < -0.3 is 14.6 Å². The lowest BCUT2D eigenvalue weighted by atomic mass is 10.1. The van der Waals surface area contributed by atoms with E-state index in [9.17, 15) is 19.2 Å². The van der Waals surface area contributed by atoms with Crippen LogP contribution in [0.5, 0.6) is 0 Å². The third-order valence-corrected chi connectivity index (χ3v) is 3.60. The number of nitrogens with zero attached hydrogens (tertiary/aromatic N) is 2. The molecule has 1 aromatic carbocycles. The maximum atomic E-state index is 12.3. The summed E-state index contributed by atoms with van der Waals surface area (Å²) in [6.45, 7) is 0.777. The van der Waals surface area contributed by atoms with E-state index in [1.807, 2.05) is 0 Å². The summed E-state index contributed by atoms with van der Waals surface area (Å²) in [5, 5.41) is 5.83. The molecule has 1 N–H and O–H groups in total. The second-order valence-corrected chi connectivity index (χ2v) is 5.24. The van der Waals surface area contributed by atoms with E-state index in [0.29, 0.717) is 0 Å². The molecule has 0 radical (unpaired) electrons. The van der Waals surface area contributed by atoms with E-state index in [1.54, 1.807) is 12.1 Å². The van der Waals surface area contributed by atoms with Crippen molar-refractivity contribution in [1.29, 1.82) is 0 Å². The molecule has 0 aliphatic carbocycles. The molecule has 1 aromatic heterocycles. The molecular formula is C16H13N3O6. The van der Waals surface area contributed by atoms with Gasteiger partial charge in [0.2, 0.25) is 0 Å². The van der Waals surface area contributed by atoms with Crippen LogP contribution in [0.15, 0.2) is 41.1 Å². The molecule has 9 heteroatoms. The number of rotatable bonds is 5. The Hall–Kier alpha value is -3.49. The Bertz CT molecular complexity index is 810. The van der Waals surface area contributed by atoms with E-state index in [1.165, 1.54) is 31.4 Å². The molecule has 25 heavy (non-hydrogen) atoms. The number of hydrogen-bond acceptors (Lipinski definition) is 7. The van der Waals surface area contributed by atoms with Crippen molar-refractivity contribution in [1.82, 2.24) is 10.1 Å². The standard InChI is InChI=1S/C16H13N3O6/c1-9(16(23)24-8-13(20)17-12-6-7-25-18-12)19-14(21)10-4-2-3-5-11(10)15(19)22/h2-7,9H,8H2,1H3,(H,17,18,20). The van der Waals surface area contributed by atoms with E-state index in [2.05, 4.69) is 15.0 Å². The van der Waals surface area contributed by atoms with Gasteiger partial charge in [0.05, 0.1) is 11.1 Å². The molecule has 0 saturated carbocycles. The fraction of sp³-hybridized carbons (Fsp3) is 0.188. The zero-order chi connectivity index (χ0) is 18.0. The highest BCUT2D eigenvalue weighted by atomic mass is 16.5. The molecule has 0 fully saturated rings. The second-order valence-electron chi connectivity index (χ2n) is 5.24. The van der Waals surface area contributed by atoms with Crippen molar-refractivity contribution >= 4 is 29.5 Å². The van der Waals surface area contributed by atoms with Crippen LogP contribution in [0.3, 0.4) is 0 Å². The summed E-state index contributed by atoms with van der Waals surface area (Å²) in [6.07, 6.45) is 1.27. The lowest BCUT2D eigenvalue weighted by Gasteiger charge is -2.20. The minimum Gasteiger partial charge on any atom is -0.454 e. The maximum absolute atomic E-state index is 12.3. The van der Waals surface area contributed by atoms with Crippen molar-refractivity contribution in [3.05, 3.63) is 47.7 Å². The molecule has 128 valence electrons. The van der Waals surface area contributed by atoms with Gasteiger partial charge in [-0.2, -0.15) is 0 Å². The third kappa shape index (κ3) is 3.11. The zero-order valence-corrected chi connectivity index (χ0v) is 13.1. The van der Waals surface area contributed by atoms with Crippen molar-refractivity contribution < 1.29 is 28.4 Å². The van der Waals surface area contributed by atoms with E-state index >= 15 is 0 Å². The van der Waals surface area contributed by atoms with Gasteiger partial charge in [0.1, 0.15) is 12.3 Å². The summed E-state index contributed by atoms with van der Waals surface area (Å²) in [4.78, 5) is 49.2. The minimum atomic E-state index is -1.16. The highest BCUT2D eigenvalue weighted by Crippen LogP contribution is 2.24. The monoisotopic (exact) mass is 343 g/mol. The molecule has 1 aliphatic rings. The van der Waals surface area contributed by atoms with Gasteiger partial charge >= 0.3 is 5.97 Å². The number of aromatic nitrogens is 1. The van der Waals surface area contributed by atoms with Crippen molar-refractivity contribution in [2.45, 2.75) is 13.0 Å². The van der Waals surface area contributed by atoms with E-state index < -0.39 is 36.3 Å². The molecule has 0 spiro atoms. The van der Waals surface area contributed by atoms with Gasteiger partial charge in [-0.1, -0.05) is 17.3 Å². The number of fused-ring (bicyclic) bond motifs is 1. The molecule has 1 aliphatic heterocycles. The van der Waals surface area contributed by atoms with Crippen LogP contribution in [0.4, 0.5) is 5.82 Å². The molecule has 3 rings (SSSR count). The Morgan fingerprint density at radius 2 is 1.84 bits per heavy atom. The van der Waals surface area contributed by atoms with Crippen LogP contribution in [0.25, 0.3) is 0 Å². The maximum Gasteiger partial charge on any atom is 0.329 e. The number of esters is 1. The summed E-state index contributed by atoms with van der Waals surface area (Å²) in [5.74, 6) is -2.47. The Morgan fingerprint density at radius 1 is 1.20 bits per heavy atom. The van der Waals surface area contributed by atoms with Gasteiger partial charge in [-0.25, -0.2) is 4.79 Å². The molecule has 2 aromatic rings. The van der Waals surface area contributed by atoms with Gasteiger partial charge in [0.15, 0.2) is 12.4 Å². The fourth-order valence-corrected chi connectivity index (χ4v) is 2.38. The first kappa shape index (κ1) is 16.4. The lowest BCUT2D eigenvalue weighted by molar-refractivity contribution is -0.150. The van der Waals surface area contributed by atoms with Gasteiger partial charge in [-0.05, 0) is 19.1 Å². The Labute approximate surface area is 141 Å². The highest BCUT2D eigenvalue weighted by Gasteiger charge is 2.41. The van der Waals surface area contributed by atoms with Gasteiger partial charge in [0, 0.05) is 6.07 Å². The van der Waals surface area contributed by atoms with Crippen LogP contribution in [0.2, 0.25) is 0 Å². The SMILES string of the molecule is CC(C(=O)OCC(=O)Nc1ccon1)N1C(=O)c2ccccc2C1=O. The van der Waals surface area contributed by atoms with Crippen molar-refractivity contribution in [2.75, 3.05) is 11.9 Å².